The van der Waals surface area contributed by atoms with Crippen molar-refractivity contribution < 1.29 is 9.53 Å². The van der Waals surface area contributed by atoms with Crippen LogP contribution in [0.3, 0.4) is 0 Å². The van der Waals surface area contributed by atoms with Gasteiger partial charge < -0.3 is 4.74 Å². The van der Waals surface area contributed by atoms with Gasteiger partial charge in [-0.1, -0.05) is 17.3 Å². The first kappa shape index (κ1) is 10.4. The third-order valence-corrected chi connectivity index (χ3v) is 2.09. The molecule has 1 heterocycles. The van der Waals surface area contributed by atoms with E-state index in [0.29, 0.717) is 30.0 Å². The van der Waals surface area contributed by atoms with Gasteiger partial charge in [-0.05, 0) is 19.1 Å². The van der Waals surface area contributed by atoms with Crippen molar-refractivity contribution in [2.75, 3.05) is 6.61 Å². The molecule has 0 unspecified atom stereocenters. The van der Waals surface area contributed by atoms with Gasteiger partial charge in [0, 0.05) is 0 Å². The molecule has 1 aromatic carbocycles. The van der Waals surface area contributed by atoms with Crippen molar-refractivity contribution in [3.63, 3.8) is 0 Å². The number of aldehydes is 1. The van der Waals surface area contributed by atoms with Crippen LogP contribution in [0.4, 0.5) is 0 Å². The van der Waals surface area contributed by atoms with E-state index in [1.807, 2.05) is 31.2 Å². The Morgan fingerprint density at radius 2 is 2.25 bits per heavy atom. The van der Waals surface area contributed by atoms with E-state index in [9.17, 15) is 4.79 Å². The molecule has 0 amide bonds. The third-order valence-electron chi connectivity index (χ3n) is 2.09. The zero-order valence-electron chi connectivity index (χ0n) is 8.83. The lowest BCUT2D eigenvalue weighted by molar-refractivity contribution is 0.111. The van der Waals surface area contributed by atoms with E-state index < -0.39 is 0 Å². The van der Waals surface area contributed by atoms with Crippen molar-refractivity contribution in [1.82, 2.24) is 15.0 Å². The summed E-state index contributed by atoms with van der Waals surface area (Å²) < 4.78 is 6.91. The number of hydrogen-bond donors (Lipinski definition) is 0. The predicted molar refractivity (Wildman–Crippen MR) is 57.9 cm³/mol. The van der Waals surface area contributed by atoms with Gasteiger partial charge in [0.2, 0.25) is 0 Å². The van der Waals surface area contributed by atoms with Crippen LogP contribution >= 0.6 is 0 Å². The number of rotatable bonds is 4. The van der Waals surface area contributed by atoms with Crippen molar-refractivity contribution in [3.05, 3.63) is 36.2 Å². The Morgan fingerprint density at radius 1 is 1.44 bits per heavy atom. The fourth-order valence-electron chi connectivity index (χ4n) is 1.42. The molecular formula is C11H11N3O2. The summed E-state index contributed by atoms with van der Waals surface area (Å²) in [4.78, 5) is 10.8. The summed E-state index contributed by atoms with van der Waals surface area (Å²) >= 11 is 0. The molecule has 0 saturated heterocycles. The Morgan fingerprint density at radius 3 is 3.00 bits per heavy atom. The lowest BCUT2D eigenvalue weighted by Crippen LogP contribution is -2.04. The fourth-order valence-corrected chi connectivity index (χ4v) is 1.42. The normalized spacial score (nSPS) is 10.1. The number of nitrogens with zero attached hydrogens (tertiary/aromatic N) is 3. The summed E-state index contributed by atoms with van der Waals surface area (Å²) in [6, 6.07) is 7.38. The van der Waals surface area contributed by atoms with Gasteiger partial charge in [0.15, 0.2) is 6.29 Å². The van der Waals surface area contributed by atoms with Gasteiger partial charge in [-0.3, -0.25) is 4.79 Å². The standard InChI is InChI=1S/C11H11N3O2/c1-2-16-11-6-4-3-5-10(11)14-9(8-15)7-12-13-14/h3-8H,2H2,1H3. The van der Waals surface area contributed by atoms with E-state index in [2.05, 4.69) is 10.3 Å². The lowest BCUT2D eigenvalue weighted by Gasteiger charge is -2.09. The maximum atomic E-state index is 10.8. The second-order valence-corrected chi connectivity index (χ2v) is 3.09. The smallest absolute Gasteiger partial charge is 0.170 e. The SMILES string of the molecule is CCOc1ccccc1-n1nncc1C=O. The molecule has 82 valence electrons. The summed E-state index contributed by atoms with van der Waals surface area (Å²) in [5, 5.41) is 7.55. The maximum Gasteiger partial charge on any atom is 0.170 e. The minimum absolute atomic E-state index is 0.396. The van der Waals surface area contributed by atoms with Crippen LogP contribution in [0.15, 0.2) is 30.5 Å². The van der Waals surface area contributed by atoms with Crippen LogP contribution in [0.1, 0.15) is 17.4 Å². The van der Waals surface area contributed by atoms with E-state index in [4.69, 9.17) is 4.74 Å². The molecule has 5 nitrogen and oxygen atoms in total. The Balaban J connectivity index is 2.50. The van der Waals surface area contributed by atoms with E-state index in [1.165, 1.54) is 10.9 Å². The molecule has 0 fully saturated rings. The minimum Gasteiger partial charge on any atom is -0.492 e. The summed E-state index contributed by atoms with van der Waals surface area (Å²) in [5.41, 5.74) is 1.11. The number of aromatic nitrogens is 3. The molecule has 2 rings (SSSR count). The van der Waals surface area contributed by atoms with Gasteiger partial charge >= 0.3 is 0 Å². The quantitative estimate of drug-likeness (QED) is 0.728. The van der Waals surface area contributed by atoms with Gasteiger partial charge in [-0.25, -0.2) is 4.68 Å². The monoisotopic (exact) mass is 217 g/mol. The molecule has 0 N–H and O–H groups in total. The van der Waals surface area contributed by atoms with E-state index in [1.54, 1.807) is 0 Å². The first-order chi connectivity index (χ1) is 7.86. The molecule has 0 aliphatic rings. The molecule has 0 radical (unpaired) electrons. The summed E-state index contributed by atoms with van der Waals surface area (Å²) in [6.45, 7) is 2.46. The maximum absolute atomic E-state index is 10.8. The summed E-state index contributed by atoms with van der Waals surface area (Å²) in [7, 11) is 0. The highest BCUT2D eigenvalue weighted by Crippen LogP contribution is 2.22. The number of carbonyl (C=O) groups excluding carboxylic acids is 1. The lowest BCUT2D eigenvalue weighted by atomic mass is 10.3. The Kier molecular flexibility index (Phi) is 2.95. The first-order valence-corrected chi connectivity index (χ1v) is 4.95. The van der Waals surface area contributed by atoms with Crippen LogP contribution < -0.4 is 4.74 Å². The summed E-state index contributed by atoms with van der Waals surface area (Å²) in [5.74, 6) is 0.679. The molecular weight excluding hydrogens is 206 g/mol. The summed E-state index contributed by atoms with van der Waals surface area (Å²) in [6.07, 6.45) is 2.12. The second kappa shape index (κ2) is 4.57. The molecule has 0 aliphatic heterocycles. The van der Waals surface area contributed by atoms with Gasteiger partial charge in [0.1, 0.15) is 17.1 Å². The molecule has 0 saturated carbocycles. The number of benzene rings is 1. The number of hydrogen-bond acceptors (Lipinski definition) is 4. The van der Waals surface area contributed by atoms with Crippen LogP contribution in [0.25, 0.3) is 5.69 Å². The van der Waals surface area contributed by atoms with Crippen molar-refractivity contribution in [2.45, 2.75) is 6.92 Å². The minimum atomic E-state index is 0.396. The molecule has 16 heavy (non-hydrogen) atoms. The molecule has 2 aromatic rings. The molecule has 5 heteroatoms. The molecule has 1 aromatic heterocycles. The van der Waals surface area contributed by atoms with E-state index >= 15 is 0 Å². The zero-order valence-corrected chi connectivity index (χ0v) is 8.83. The van der Waals surface area contributed by atoms with Crippen molar-refractivity contribution in [2.24, 2.45) is 0 Å². The average Bonchev–Trinajstić information content (AvgIpc) is 2.78. The highest BCUT2D eigenvalue weighted by Gasteiger charge is 2.09. The molecule has 0 atom stereocenters. The van der Waals surface area contributed by atoms with Crippen molar-refractivity contribution in [3.8, 4) is 11.4 Å². The Bertz CT molecular complexity index is 493. The van der Waals surface area contributed by atoms with Gasteiger partial charge in [-0.2, -0.15) is 0 Å². The fraction of sp³-hybridized carbons (Fsp3) is 0.182. The highest BCUT2D eigenvalue weighted by molar-refractivity contribution is 5.73. The largest absolute Gasteiger partial charge is 0.492 e. The van der Waals surface area contributed by atoms with Crippen molar-refractivity contribution >= 4 is 6.29 Å². The molecule has 0 spiro atoms. The van der Waals surface area contributed by atoms with Gasteiger partial charge in [0.25, 0.3) is 0 Å². The number of carbonyl (C=O) groups is 1. The Labute approximate surface area is 92.7 Å². The van der Waals surface area contributed by atoms with E-state index in [0.717, 1.165) is 0 Å². The average molecular weight is 217 g/mol. The second-order valence-electron chi connectivity index (χ2n) is 3.09. The van der Waals surface area contributed by atoms with Crippen LogP contribution in [-0.4, -0.2) is 27.9 Å². The van der Waals surface area contributed by atoms with Gasteiger partial charge in [0.05, 0.1) is 12.8 Å². The Hall–Kier alpha value is -2.17. The van der Waals surface area contributed by atoms with Gasteiger partial charge in [-0.15, -0.1) is 5.10 Å². The van der Waals surface area contributed by atoms with Crippen LogP contribution in [0.2, 0.25) is 0 Å². The van der Waals surface area contributed by atoms with E-state index in [-0.39, 0.29) is 0 Å². The van der Waals surface area contributed by atoms with Crippen LogP contribution in [0, 0.1) is 0 Å². The third kappa shape index (κ3) is 1.79. The predicted octanol–water partition coefficient (Wildman–Crippen LogP) is 1.48. The van der Waals surface area contributed by atoms with Crippen molar-refractivity contribution in [1.29, 1.82) is 0 Å². The first-order valence-electron chi connectivity index (χ1n) is 4.95. The van der Waals surface area contributed by atoms with Crippen LogP contribution in [-0.2, 0) is 0 Å². The number of para-hydroxylation sites is 2. The molecule has 0 aliphatic carbocycles. The molecule has 0 bridgehead atoms. The van der Waals surface area contributed by atoms with Crippen LogP contribution in [0.5, 0.6) is 5.75 Å². The highest BCUT2D eigenvalue weighted by atomic mass is 16.5. The number of ether oxygens (including phenoxy) is 1. The zero-order chi connectivity index (χ0) is 11.4. The topological polar surface area (TPSA) is 57.0 Å².